The molecule has 0 radical (unpaired) electrons. The Bertz CT molecular complexity index is 409. The molecule has 0 aliphatic rings. The summed E-state index contributed by atoms with van der Waals surface area (Å²) in [5.74, 6) is -0.100. The molecule has 0 heterocycles. The smallest absolute Gasteiger partial charge is 0.255 e. The number of hydrogen-bond acceptors (Lipinski definition) is 3. The Hall–Kier alpha value is -0.910. The highest BCUT2D eigenvalue weighted by molar-refractivity contribution is 9.10. The minimum Gasteiger partial charge on any atom is -0.395 e. The molecule has 1 aromatic rings. The van der Waals surface area contributed by atoms with Crippen molar-refractivity contribution in [1.29, 1.82) is 0 Å². The molecular formula is C13H18BrNO3. The van der Waals surface area contributed by atoms with Crippen LogP contribution in [0.15, 0.2) is 22.7 Å². The summed E-state index contributed by atoms with van der Waals surface area (Å²) >= 11 is 3.38. The van der Waals surface area contributed by atoms with E-state index in [1.54, 1.807) is 12.0 Å². The Kier molecular flexibility index (Phi) is 6.32. The molecule has 0 bridgehead atoms. The minimum atomic E-state index is -0.100. The van der Waals surface area contributed by atoms with Crippen LogP contribution >= 0.6 is 15.9 Å². The van der Waals surface area contributed by atoms with Crippen LogP contribution in [0.1, 0.15) is 15.9 Å². The summed E-state index contributed by atoms with van der Waals surface area (Å²) in [6.45, 7) is 3.11. The van der Waals surface area contributed by atoms with Gasteiger partial charge >= 0.3 is 0 Å². The Morgan fingerprint density at radius 1 is 1.44 bits per heavy atom. The molecular weight excluding hydrogens is 298 g/mol. The van der Waals surface area contributed by atoms with Gasteiger partial charge in [-0.05, 0) is 35.0 Å². The van der Waals surface area contributed by atoms with Crippen molar-refractivity contribution in [3.63, 3.8) is 0 Å². The fourth-order valence-corrected chi connectivity index (χ4v) is 2.03. The molecule has 0 saturated heterocycles. The first-order valence-corrected chi connectivity index (χ1v) is 6.54. The maximum absolute atomic E-state index is 12.3. The quantitative estimate of drug-likeness (QED) is 0.871. The van der Waals surface area contributed by atoms with Gasteiger partial charge in [0.05, 0.1) is 18.8 Å². The van der Waals surface area contributed by atoms with E-state index in [4.69, 9.17) is 9.84 Å². The lowest BCUT2D eigenvalue weighted by Crippen LogP contribution is -2.36. The van der Waals surface area contributed by atoms with Gasteiger partial charge in [0.2, 0.25) is 0 Å². The van der Waals surface area contributed by atoms with Crippen molar-refractivity contribution in [2.24, 2.45) is 0 Å². The van der Waals surface area contributed by atoms with Gasteiger partial charge in [0, 0.05) is 24.7 Å². The number of ether oxygens (including phenoxy) is 1. The lowest BCUT2D eigenvalue weighted by atomic mass is 10.1. The van der Waals surface area contributed by atoms with E-state index >= 15 is 0 Å². The lowest BCUT2D eigenvalue weighted by Gasteiger charge is -2.22. The van der Waals surface area contributed by atoms with E-state index in [0.29, 0.717) is 25.3 Å². The van der Waals surface area contributed by atoms with Crippen LogP contribution in [0.2, 0.25) is 0 Å². The average Bonchev–Trinajstić information content (AvgIpc) is 2.36. The summed E-state index contributed by atoms with van der Waals surface area (Å²) < 4.78 is 5.73. The van der Waals surface area contributed by atoms with E-state index < -0.39 is 0 Å². The molecule has 0 unspecified atom stereocenters. The first-order chi connectivity index (χ1) is 8.60. The molecule has 1 aromatic carbocycles. The molecule has 1 rings (SSSR count). The predicted molar refractivity (Wildman–Crippen MR) is 73.7 cm³/mol. The number of carbonyl (C=O) groups is 1. The highest BCUT2D eigenvalue weighted by atomic mass is 79.9. The fourth-order valence-electron chi connectivity index (χ4n) is 1.61. The fraction of sp³-hybridized carbons (Fsp3) is 0.462. The molecule has 0 atom stereocenters. The van der Waals surface area contributed by atoms with Gasteiger partial charge in [0.25, 0.3) is 5.91 Å². The van der Waals surface area contributed by atoms with Gasteiger partial charge in [-0.3, -0.25) is 4.79 Å². The number of rotatable bonds is 6. The van der Waals surface area contributed by atoms with Crippen LogP contribution < -0.4 is 0 Å². The molecule has 100 valence electrons. The number of halogens is 1. The molecule has 0 saturated carbocycles. The maximum atomic E-state index is 12.3. The first kappa shape index (κ1) is 15.1. The molecule has 0 aliphatic carbocycles. The van der Waals surface area contributed by atoms with Crippen molar-refractivity contribution >= 4 is 21.8 Å². The highest BCUT2D eigenvalue weighted by Crippen LogP contribution is 2.19. The first-order valence-electron chi connectivity index (χ1n) is 5.75. The number of methoxy groups -OCH3 is 1. The van der Waals surface area contributed by atoms with E-state index in [1.165, 1.54) is 0 Å². The number of aliphatic hydroxyl groups excluding tert-OH is 1. The number of benzene rings is 1. The van der Waals surface area contributed by atoms with E-state index in [0.717, 1.165) is 10.0 Å². The normalized spacial score (nSPS) is 10.4. The third kappa shape index (κ3) is 4.08. The zero-order valence-corrected chi connectivity index (χ0v) is 12.2. The number of hydrogen-bond donors (Lipinski definition) is 1. The molecule has 1 N–H and O–H groups in total. The van der Waals surface area contributed by atoms with Gasteiger partial charge in [-0.1, -0.05) is 11.6 Å². The Morgan fingerprint density at radius 3 is 2.78 bits per heavy atom. The standard InChI is InChI=1S/C13H18BrNO3/c1-10-3-4-12(14)11(9-10)13(17)15(5-7-16)6-8-18-2/h3-4,9,16H,5-8H2,1-2H3. The zero-order chi connectivity index (χ0) is 13.5. The van der Waals surface area contributed by atoms with Crippen LogP contribution in [0.4, 0.5) is 0 Å². The molecule has 18 heavy (non-hydrogen) atoms. The summed E-state index contributed by atoms with van der Waals surface area (Å²) in [5.41, 5.74) is 1.64. The summed E-state index contributed by atoms with van der Waals surface area (Å²) in [6, 6.07) is 5.63. The summed E-state index contributed by atoms with van der Waals surface area (Å²) in [5, 5.41) is 9.01. The molecule has 0 fully saturated rings. The van der Waals surface area contributed by atoms with Crippen LogP contribution in [0.25, 0.3) is 0 Å². The van der Waals surface area contributed by atoms with Gasteiger partial charge in [0.15, 0.2) is 0 Å². The van der Waals surface area contributed by atoms with E-state index in [1.807, 2.05) is 25.1 Å². The van der Waals surface area contributed by atoms with Crippen molar-refractivity contribution < 1.29 is 14.6 Å². The third-order valence-electron chi connectivity index (χ3n) is 2.57. The second-order valence-corrected chi connectivity index (χ2v) is 4.85. The van der Waals surface area contributed by atoms with Gasteiger partial charge < -0.3 is 14.7 Å². The van der Waals surface area contributed by atoms with Gasteiger partial charge in [0.1, 0.15) is 0 Å². The molecule has 0 aliphatic heterocycles. The second-order valence-electron chi connectivity index (χ2n) is 3.99. The summed E-state index contributed by atoms with van der Waals surface area (Å²) in [7, 11) is 1.59. The van der Waals surface area contributed by atoms with Crippen molar-refractivity contribution in [2.45, 2.75) is 6.92 Å². The average molecular weight is 316 g/mol. The zero-order valence-electron chi connectivity index (χ0n) is 10.6. The Balaban J connectivity index is 2.90. The number of nitrogens with zero attached hydrogens (tertiary/aromatic N) is 1. The maximum Gasteiger partial charge on any atom is 0.255 e. The second kappa shape index (κ2) is 7.51. The number of aryl methyl sites for hydroxylation is 1. The largest absolute Gasteiger partial charge is 0.395 e. The van der Waals surface area contributed by atoms with E-state index in [9.17, 15) is 4.79 Å². The lowest BCUT2D eigenvalue weighted by molar-refractivity contribution is 0.0655. The third-order valence-corrected chi connectivity index (χ3v) is 3.27. The predicted octanol–water partition coefficient (Wildman–Crippen LogP) is 1.84. The summed E-state index contributed by atoms with van der Waals surface area (Å²) in [6.07, 6.45) is 0. The number of aliphatic hydroxyl groups is 1. The van der Waals surface area contributed by atoms with Crippen molar-refractivity contribution in [3.8, 4) is 0 Å². The van der Waals surface area contributed by atoms with E-state index in [2.05, 4.69) is 15.9 Å². The van der Waals surface area contributed by atoms with E-state index in [-0.39, 0.29) is 12.5 Å². The molecule has 4 nitrogen and oxygen atoms in total. The molecule has 5 heteroatoms. The topological polar surface area (TPSA) is 49.8 Å². The number of amides is 1. The molecule has 1 amide bonds. The SMILES string of the molecule is COCCN(CCO)C(=O)c1cc(C)ccc1Br. The van der Waals surface area contributed by atoms with Crippen LogP contribution in [0.3, 0.4) is 0 Å². The van der Waals surface area contributed by atoms with Gasteiger partial charge in [-0.25, -0.2) is 0 Å². The minimum absolute atomic E-state index is 0.0567. The van der Waals surface area contributed by atoms with Crippen LogP contribution in [0.5, 0.6) is 0 Å². The Morgan fingerprint density at radius 2 is 2.17 bits per heavy atom. The van der Waals surface area contributed by atoms with Crippen molar-refractivity contribution in [1.82, 2.24) is 4.90 Å². The van der Waals surface area contributed by atoms with Gasteiger partial charge in [-0.15, -0.1) is 0 Å². The molecule has 0 spiro atoms. The van der Waals surface area contributed by atoms with Gasteiger partial charge in [-0.2, -0.15) is 0 Å². The molecule has 0 aromatic heterocycles. The summed E-state index contributed by atoms with van der Waals surface area (Å²) in [4.78, 5) is 13.9. The number of carbonyl (C=O) groups excluding carboxylic acids is 1. The van der Waals surface area contributed by atoms with Crippen LogP contribution in [-0.4, -0.2) is 49.3 Å². The Labute approximate surface area is 116 Å². The van der Waals surface area contributed by atoms with Crippen molar-refractivity contribution in [2.75, 3.05) is 33.4 Å². The van der Waals surface area contributed by atoms with Crippen molar-refractivity contribution in [3.05, 3.63) is 33.8 Å². The van der Waals surface area contributed by atoms with Crippen LogP contribution in [-0.2, 0) is 4.74 Å². The van der Waals surface area contributed by atoms with Crippen LogP contribution in [0, 0.1) is 6.92 Å². The monoisotopic (exact) mass is 315 g/mol. The highest BCUT2D eigenvalue weighted by Gasteiger charge is 2.17.